The second kappa shape index (κ2) is 8.29. The Kier molecular flexibility index (Phi) is 5.39. The fourth-order valence-electron chi connectivity index (χ4n) is 3.21. The minimum atomic E-state index is -0.281. The van der Waals surface area contributed by atoms with E-state index in [1.54, 1.807) is 12.3 Å². The Balaban J connectivity index is 1.57. The number of hydrogen-bond acceptors (Lipinski definition) is 5. The second-order valence-electron chi connectivity index (χ2n) is 7.45. The van der Waals surface area contributed by atoms with Gasteiger partial charge in [-0.25, -0.2) is 9.97 Å². The molecule has 0 radical (unpaired) electrons. The van der Waals surface area contributed by atoms with Crippen molar-refractivity contribution < 1.29 is 4.79 Å². The molecule has 0 saturated carbocycles. The van der Waals surface area contributed by atoms with E-state index in [-0.39, 0.29) is 5.91 Å². The minimum absolute atomic E-state index is 0.281. The van der Waals surface area contributed by atoms with E-state index >= 15 is 0 Å². The van der Waals surface area contributed by atoms with Crippen molar-refractivity contribution in [3.8, 4) is 0 Å². The number of carbonyl (C=O) groups is 1. The third kappa shape index (κ3) is 4.27. The number of nitrogens with zero attached hydrogens (tertiary/aromatic N) is 3. The van der Waals surface area contributed by atoms with Gasteiger partial charge in [0.15, 0.2) is 0 Å². The maximum Gasteiger partial charge on any atom is 0.274 e. The minimum Gasteiger partial charge on any atom is -0.322 e. The smallest absolute Gasteiger partial charge is 0.274 e. The summed E-state index contributed by atoms with van der Waals surface area (Å²) in [5, 5.41) is 7.12. The summed E-state index contributed by atoms with van der Waals surface area (Å²) in [4.78, 5) is 26.0. The van der Waals surface area contributed by atoms with Crippen molar-refractivity contribution >= 4 is 34.1 Å². The molecule has 0 saturated heterocycles. The maximum atomic E-state index is 12.8. The standard InChI is InChI=1S/C24H23N5O/c1-15(2)17-9-11-19(12-10-17)27-23(30)21-14-16(3)26-24(29-21)28-20-8-4-6-18-7-5-13-25-22(18)20/h4-15H,1-3H3,(H,27,30)(H,26,28,29). The predicted molar refractivity (Wildman–Crippen MR) is 120 cm³/mol. The molecule has 0 atom stereocenters. The molecule has 0 fully saturated rings. The van der Waals surface area contributed by atoms with Gasteiger partial charge in [0.25, 0.3) is 5.91 Å². The Hall–Kier alpha value is -3.80. The zero-order chi connectivity index (χ0) is 21.1. The van der Waals surface area contributed by atoms with Gasteiger partial charge in [0.2, 0.25) is 5.95 Å². The van der Waals surface area contributed by atoms with E-state index in [0.29, 0.717) is 23.3 Å². The van der Waals surface area contributed by atoms with Gasteiger partial charge in [-0.15, -0.1) is 0 Å². The van der Waals surface area contributed by atoms with Crippen LogP contribution in [0.15, 0.2) is 66.9 Å². The Labute approximate surface area is 175 Å². The molecule has 4 aromatic rings. The van der Waals surface area contributed by atoms with Crippen LogP contribution in [0.5, 0.6) is 0 Å². The average Bonchev–Trinajstić information content (AvgIpc) is 2.74. The number of nitrogens with one attached hydrogen (secondary N) is 2. The molecule has 2 N–H and O–H groups in total. The summed E-state index contributed by atoms with van der Waals surface area (Å²) >= 11 is 0. The number of amides is 1. The van der Waals surface area contributed by atoms with Crippen molar-refractivity contribution in [3.05, 3.63) is 83.8 Å². The Bertz CT molecular complexity index is 1200. The van der Waals surface area contributed by atoms with E-state index in [1.807, 2.05) is 61.5 Å². The molecular formula is C24H23N5O. The number of anilines is 3. The third-order valence-corrected chi connectivity index (χ3v) is 4.80. The number of benzene rings is 2. The molecule has 0 aliphatic rings. The first-order valence-electron chi connectivity index (χ1n) is 9.87. The fourth-order valence-corrected chi connectivity index (χ4v) is 3.21. The quantitative estimate of drug-likeness (QED) is 0.468. The van der Waals surface area contributed by atoms with E-state index in [2.05, 4.69) is 39.4 Å². The van der Waals surface area contributed by atoms with Crippen molar-refractivity contribution in [3.63, 3.8) is 0 Å². The maximum absolute atomic E-state index is 12.8. The van der Waals surface area contributed by atoms with Crippen LogP contribution >= 0.6 is 0 Å². The number of para-hydroxylation sites is 1. The normalized spacial score (nSPS) is 10.9. The van der Waals surface area contributed by atoms with Crippen LogP contribution in [0.25, 0.3) is 10.9 Å². The molecule has 6 heteroatoms. The highest BCUT2D eigenvalue weighted by atomic mass is 16.1. The number of fused-ring (bicyclic) bond motifs is 1. The molecule has 2 aromatic carbocycles. The fraction of sp³-hybridized carbons (Fsp3) is 0.167. The van der Waals surface area contributed by atoms with Gasteiger partial charge in [0.05, 0.1) is 11.2 Å². The highest BCUT2D eigenvalue weighted by Crippen LogP contribution is 2.23. The highest BCUT2D eigenvalue weighted by Gasteiger charge is 2.12. The largest absolute Gasteiger partial charge is 0.322 e. The third-order valence-electron chi connectivity index (χ3n) is 4.80. The molecule has 0 bridgehead atoms. The monoisotopic (exact) mass is 397 g/mol. The average molecular weight is 397 g/mol. The Morgan fingerprint density at radius 1 is 0.967 bits per heavy atom. The second-order valence-corrected chi connectivity index (χ2v) is 7.45. The lowest BCUT2D eigenvalue weighted by Crippen LogP contribution is -2.15. The molecule has 6 nitrogen and oxygen atoms in total. The number of aryl methyl sites for hydroxylation is 1. The topological polar surface area (TPSA) is 79.8 Å². The lowest BCUT2D eigenvalue weighted by Gasteiger charge is -2.11. The molecule has 0 unspecified atom stereocenters. The molecule has 4 rings (SSSR count). The van der Waals surface area contributed by atoms with Gasteiger partial charge in [0.1, 0.15) is 5.69 Å². The molecule has 30 heavy (non-hydrogen) atoms. The van der Waals surface area contributed by atoms with Gasteiger partial charge in [-0.05, 0) is 48.7 Å². The van der Waals surface area contributed by atoms with Gasteiger partial charge in [0, 0.05) is 23.0 Å². The van der Waals surface area contributed by atoms with Crippen molar-refractivity contribution in [2.45, 2.75) is 26.7 Å². The first-order valence-corrected chi connectivity index (χ1v) is 9.87. The van der Waals surface area contributed by atoms with E-state index in [9.17, 15) is 4.79 Å². The SMILES string of the molecule is Cc1cc(C(=O)Nc2ccc(C(C)C)cc2)nc(Nc2cccc3cccnc23)n1. The van der Waals surface area contributed by atoms with Crippen LogP contribution in [0.4, 0.5) is 17.3 Å². The van der Waals surface area contributed by atoms with Crippen LogP contribution in [-0.4, -0.2) is 20.9 Å². The van der Waals surface area contributed by atoms with E-state index < -0.39 is 0 Å². The van der Waals surface area contributed by atoms with Gasteiger partial charge in [-0.1, -0.05) is 44.2 Å². The number of rotatable bonds is 5. The molecule has 1 amide bonds. The Morgan fingerprint density at radius 3 is 2.50 bits per heavy atom. The van der Waals surface area contributed by atoms with Gasteiger partial charge >= 0.3 is 0 Å². The molecule has 0 aliphatic heterocycles. The van der Waals surface area contributed by atoms with E-state index in [4.69, 9.17) is 0 Å². The molecule has 2 aromatic heterocycles. The molecule has 0 spiro atoms. The summed E-state index contributed by atoms with van der Waals surface area (Å²) in [5.41, 5.74) is 4.55. The highest BCUT2D eigenvalue weighted by molar-refractivity contribution is 6.03. The van der Waals surface area contributed by atoms with Crippen molar-refractivity contribution in [1.29, 1.82) is 0 Å². The summed E-state index contributed by atoms with van der Waals surface area (Å²) < 4.78 is 0. The summed E-state index contributed by atoms with van der Waals surface area (Å²) in [6.45, 7) is 6.11. The van der Waals surface area contributed by atoms with Gasteiger partial charge in [-0.3, -0.25) is 9.78 Å². The summed E-state index contributed by atoms with van der Waals surface area (Å²) in [6.07, 6.45) is 1.74. The van der Waals surface area contributed by atoms with Crippen LogP contribution in [0.2, 0.25) is 0 Å². The lowest BCUT2D eigenvalue weighted by molar-refractivity contribution is 0.102. The van der Waals surface area contributed by atoms with E-state index in [0.717, 1.165) is 22.3 Å². The predicted octanol–water partition coefficient (Wildman–Crippen LogP) is 5.45. The number of aromatic nitrogens is 3. The van der Waals surface area contributed by atoms with E-state index in [1.165, 1.54) is 5.56 Å². The first-order chi connectivity index (χ1) is 14.5. The molecule has 150 valence electrons. The number of pyridine rings is 1. The van der Waals surface area contributed by atoms with Crippen LogP contribution in [-0.2, 0) is 0 Å². The summed E-state index contributed by atoms with van der Waals surface area (Å²) in [5.74, 6) is 0.516. The van der Waals surface area contributed by atoms with Crippen LogP contribution in [0.1, 0.15) is 41.5 Å². The lowest BCUT2D eigenvalue weighted by atomic mass is 10.0. The van der Waals surface area contributed by atoms with Gasteiger partial charge in [-0.2, -0.15) is 0 Å². The Morgan fingerprint density at radius 2 is 1.73 bits per heavy atom. The first kappa shape index (κ1) is 19.5. The van der Waals surface area contributed by atoms with Crippen molar-refractivity contribution in [1.82, 2.24) is 15.0 Å². The number of hydrogen-bond donors (Lipinski definition) is 2. The van der Waals surface area contributed by atoms with Crippen LogP contribution in [0, 0.1) is 6.92 Å². The molecular weight excluding hydrogens is 374 g/mol. The molecule has 2 heterocycles. The zero-order valence-electron chi connectivity index (χ0n) is 17.2. The molecule has 0 aliphatic carbocycles. The van der Waals surface area contributed by atoms with Crippen molar-refractivity contribution in [2.24, 2.45) is 0 Å². The zero-order valence-corrected chi connectivity index (χ0v) is 17.2. The number of carbonyl (C=O) groups excluding carboxylic acids is 1. The summed E-state index contributed by atoms with van der Waals surface area (Å²) in [6, 6.07) is 19.3. The van der Waals surface area contributed by atoms with Crippen LogP contribution in [0.3, 0.4) is 0 Å². The van der Waals surface area contributed by atoms with Gasteiger partial charge < -0.3 is 10.6 Å². The van der Waals surface area contributed by atoms with Crippen molar-refractivity contribution in [2.75, 3.05) is 10.6 Å². The summed E-state index contributed by atoms with van der Waals surface area (Å²) in [7, 11) is 0. The van der Waals surface area contributed by atoms with Crippen LogP contribution < -0.4 is 10.6 Å².